The summed E-state index contributed by atoms with van der Waals surface area (Å²) < 4.78 is 29.8. The topological polar surface area (TPSA) is 65.8 Å². The van der Waals surface area contributed by atoms with Crippen LogP contribution in [0.25, 0.3) is 5.69 Å². The van der Waals surface area contributed by atoms with E-state index in [0.717, 1.165) is 4.68 Å². The van der Waals surface area contributed by atoms with Gasteiger partial charge in [-0.1, -0.05) is 0 Å². The third kappa shape index (κ3) is 2.68. The Kier molecular flexibility index (Phi) is 3.27. The number of pyridine rings is 1. The summed E-state index contributed by atoms with van der Waals surface area (Å²) in [4.78, 5) is 15.9. The Morgan fingerprint density at radius 3 is 2.86 bits per heavy atom. The maximum atomic E-state index is 13.6. The molecule has 1 unspecified atom stereocenters. The van der Waals surface area contributed by atoms with Gasteiger partial charge in [0.2, 0.25) is 5.92 Å². The van der Waals surface area contributed by atoms with E-state index in [-0.39, 0.29) is 12.8 Å². The van der Waals surface area contributed by atoms with E-state index >= 15 is 0 Å². The normalized spacial score (nSPS) is 21.3. The van der Waals surface area contributed by atoms with Gasteiger partial charge >= 0.3 is 0 Å². The molecule has 2 aromatic rings. The van der Waals surface area contributed by atoms with Crippen molar-refractivity contribution in [2.75, 3.05) is 5.84 Å². The smallest absolute Gasteiger partial charge is 0.270 e. The first-order valence-electron chi connectivity index (χ1n) is 6.84. The van der Waals surface area contributed by atoms with Crippen molar-refractivity contribution in [2.45, 2.75) is 37.5 Å². The number of alkyl halides is 2. The molecule has 0 amide bonds. The van der Waals surface area contributed by atoms with E-state index in [4.69, 9.17) is 5.84 Å². The second-order valence-electron chi connectivity index (χ2n) is 5.47. The van der Waals surface area contributed by atoms with Crippen LogP contribution in [0.5, 0.6) is 0 Å². The number of rotatable bonds is 2. The highest BCUT2D eigenvalue weighted by atomic mass is 19.3. The standard InChI is InChI=1S/C14H16F2N4O/c15-14(16)3-1-2-10(8-14)12-6-11(7-13(21)20(12)17)19-5-4-18-9-19/h4-7,9-10H,1-3,8,17H2. The summed E-state index contributed by atoms with van der Waals surface area (Å²) in [6.07, 6.45) is 5.50. The predicted octanol–water partition coefficient (Wildman–Crippen LogP) is 2.04. The Hall–Kier alpha value is -2.18. The first-order valence-corrected chi connectivity index (χ1v) is 6.84. The molecule has 2 N–H and O–H groups in total. The Labute approximate surface area is 120 Å². The molecule has 0 aliphatic heterocycles. The summed E-state index contributed by atoms with van der Waals surface area (Å²) >= 11 is 0. The predicted molar refractivity (Wildman–Crippen MR) is 74.1 cm³/mol. The first kappa shape index (κ1) is 13.8. The number of halogens is 2. The fourth-order valence-corrected chi connectivity index (χ4v) is 2.89. The van der Waals surface area contributed by atoms with Gasteiger partial charge in [-0.05, 0) is 18.9 Å². The van der Waals surface area contributed by atoms with E-state index in [0.29, 0.717) is 24.2 Å². The fourth-order valence-electron chi connectivity index (χ4n) is 2.89. The maximum absolute atomic E-state index is 13.6. The van der Waals surface area contributed by atoms with Crippen LogP contribution in [0.2, 0.25) is 0 Å². The molecule has 5 nitrogen and oxygen atoms in total. The molecule has 1 atom stereocenters. The van der Waals surface area contributed by atoms with Crippen LogP contribution < -0.4 is 11.4 Å². The van der Waals surface area contributed by atoms with Gasteiger partial charge in [0.25, 0.3) is 5.56 Å². The largest absolute Gasteiger partial charge is 0.336 e. The summed E-state index contributed by atoms with van der Waals surface area (Å²) in [6.45, 7) is 0. The van der Waals surface area contributed by atoms with Crippen LogP contribution in [0, 0.1) is 0 Å². The lowest BCUT2D eigenvalue weighted by atomic mass is 9.84. The van der Waals surface area contributed by atoms with Crippen molar-refractivity contribution < 1.29 is 8.78 Å². The minimum Gasteiger partial charge on any atom is -0.336 e. The van der Waals surface area contributed by atoms with Gasteiger partial charge in [0.15, 0.2) is 0 Å². The molecule has 7 heteroatoms. The van der Waals surface area contributed by atoms with Crippen molar-refractivity contribution in [3.05, 3.63) is 46.9 Å². The van der Waals surface area contributed by atoms with Crippen LogP contribution in [0.15, 0.2) is 35.6 Å². The van der Waals surface area contributed by atoms with Gasteiger partial charge in [-0.15, -0.1) is 0 Å². The Bertz CT molecular complexity index is 693. The SMILES string of the molecule is Nn1c(C2CCCC(F)(F)C2)cc(-n2ccnc2)cc1=O. The number of nitrogen functional groups attached to an aromatic ring is 1. The van der Waals surface area contributed by atoms with Crippen molar-refractivity contribution in [3.63, 3.8) is 0 Å². The van der Waals surface area contributed by atoms with Gasteiger partial charge in [-0.2, -0.15) is 0 Å². The van der Waals surface area contributed by atoms with Crippen LogP contribution >= 0.6 is 0 Å². The van der Waals surface area contributed by atoms with Crippen molar-refractivity contribution >= 4 is 0 Å². The molecular formula is C14H16F2N4O. The molecule has 1 aliphatic rings. The highest BCUT2D eigenvalue weighted by Crippen LogP contribution is 2.41. The molecular weight excluding hydrogens is 278 g/mol. The highest BCUT2D eigenvalue weighted by Gasteiger charge is 2.37. The zero-order valence-corrected chi connectivity index (χ0v) is 11.4. The number of hydrogen-bond acceptors (Lipinski definition) is 3. The van der Waals surface area contributed by atoms with Gasteiger partial charge in [0.1, 0.15) is 0 Å². The second-order valence-corrected chi connectivity index (χ2v) is 5.47. The lowest BCUT2D eigenvalue weighted by Crippen LogP contribution is -2.34. The lowest BCUT2D eigenvalue weighted by molar-refractivity contribution is -0.0415. The Balaban J connectivity index is 2.03. The molecule has 0 bridgehead atoms. The maximum Gasteiger partial charge on any atom is 0.270 e. The molecule has 0 aromatic carbocycles. The number of imidazole rings is 1. The van der Waals surface area contributed by atoms with Crippen LogP contribution in [-0.2, 0) is 0 Å². The van der Waals surface area contributed by atoms with E-state index in [1.807, 2.05) is 0 Å². The molecule has 1 fully saturated rings. The van der Waals surface area contributed by atoms with Crippen LogP contribution in [0.3, 0.4) is 0 Å². The molecule has 21 heavy (non-hydrogen) atoms. The van der Waals surface area contributed by atoms with Crippen molar-refractivity contribution in [2.24, 2.45) is 0 Å². The zero-order chi connectivity index (χ0) is 15.0. The molecule has 112 valence electrons. The quantitative estimate of drug-likeness (QED) is 0.862. The first-order chi connectivity index (χ1) is 9.96. The second kappa shape index (κ2) is 4.98. The molecule has 1 aliphatic carbocycles. The molecule has 1 saturated carbocycles. The molecule has 0 spiro atoms. The van der Waals surface area contributed by atoms with Gasteiger partial charge in [0, 0.05) is 42.9 Å². The summed E-state index contributed by atoms with van der Waals surface area (Å²) in [7, 11) is 0. The van der Waals surface area contributed by atoms with E-state index in [1.54, 1.807) is 29.4 Å². The fraction of sp³-hybridized carbons (Fsp3) is 0.429. The van der Waals surface area contributed by atoms with E-state index in [9.17, 15) is 13.6 Å². The summed E-state index contributed by atoms with van der Waals surface area (Å²) in [5.41, 5.74) is 0.624. The van der Waals surface area contributed by atoms with Gasteiger partial charge in [-0.25, -0.2) is 18.4 Å². The van der Waals surface area contributed by atoms with E-state index in [1.165, 1.54) is 6.07 Å². The van der Waals surface area contributed by atoms with E-state index in [2.05, 4.69) is 4.98 Å². The minimum atomic E-state index is -2.69. The average Bonchev–Trinajstić information content (AvgIpc) is 2.94. The lowest BCUT2D eigenvalue weighted by Gasteiger charge is -2.30. The highest BCUT2D eigenvalue weighted by molar-refractivity contribution is 5.34. The summed E-state index contributed by atoms with van der Waals surface area (Å²) in [5, 5.41) is 0. The van der Waals surface area contributed by atoms with Gasteiger partial charge in [-0.3, -0.25) is 4.79 Å². The van der Waals surface area contributed by atoms with Crippen LogP contribution in [0.1, 0.15) is 37.3 Å². The third-order valence-electron chi connectivity index (χ3n) is 3.94. The number of hydrogen-bond donors (Lipinski definition) is 1. The van der Waals surface area contributed by atoms with E-state index < -0.39 is 17.4 Å². The molecule has 2 aromatic heterocycles. The third-order valence-corrected chi connectivity index (χ3v) is 3.94. The number of nitrogens with two attached hydrogens (primary N) is 1. The average molecular weight is 294 g/mol. The molecule has 0 radical (unpaired) electrons. The number of aromatic nitrogens is 3. The zero-order valence-electron chi connectivity index (χ0n) is 11.4. The molecule has 3 rings (SSSR count). The minimum absolute atomic E-state index is 0.0977. The Morgan fingerprint density at radius 1 is 1.38 bits per heavy atom. The monoisotopic (exact) mass is 294 g/mol. The summed E-state index contributed by atoms with van der Waals surface area (Å²) in [5.74, 6) is 2.66. The Morgan fingerprint density at radius 2 is 2.19 bits per heavy atom. The number of nitrogens with zero attached hydrogens (tertiary/aromatic N) is 3. The van der Waals surface area contributed by atoms with Crippen molar-refractivity contribution in [1.82, 2.24) is 14.2 Å². The van der Waals surface area contributed by atoms with Gasteiger partial charge in [0.05, 0.1) is 12.0 Å². The molecule has 0 saturated heterocycles. The summed E-state index contributed by atoms with van der Waals surface area (Å²) in [6, 6.07) is 3.06. The van der Waals surface area contributed by atoms with Crippen LogP contribution in [-0.4, -0.2) is 20.1 Å². The van der Waals surface area contributed by atoms with Crippen LogP contribution in [0.4, 0.5) is 8.78 Å². The van der Waals surface area contributed by atoms with Crippen molar-refractivity contribution in [3.8, 4) is 5.69 Å². The van der Waals surface area contributed by atoms with Gasteiger partial charge < -0.3 is 10.4 Å². The van der Waals surface area contributed by atoms with Crippen molar-refractivity contribution in [1.29, 1.82) is 0 Å². The molecule has 2 heterocycles.